The van der Waals surface area contributed by atoms with Crippen LogP contribution in [0.4, 0.5) is 5.69 Å². The Kier molecular flexibility index (Phi) is 6.53. The summed E-state index contributed by atoms with van der Waals surface area (Å²) in [6.45, 7) is 7.24. The first-order valence-corrected chi connectivity index (χ1v) is 6.67. The van der Waals surface area contributed by atoms with Gasteiger partial charge in [-0.05, 0) is 32.4 Å². The number of carbonyl (C=O) groups is 1. The summed E-state index contributed by atoms with van der Waals surface area (Å²) >= 11 is 0. The molecule has 1 heterocycles. The van der Waals surface area contributed by atoms with Gasteiger partial charge in [-0.3, -0.25) is 4.79 Å². The molecule has 106 valence electrons. The van der Waals surface area contributed by atoms with Crippen molar-refractivity contribution in [3.8, 4) is 0 Å². The summed E-state index contributed by atoms with van der Waals surface area (Å²) in [6.07, 6.45) is 0.745. The molecule has 19 heavy (non-hydrogen) atoms. The Morgan fingerprint density at radius 1 is 1.37 bits per heavy atom. The van der Waals surface area contributed by atoms with E-state index in [1.165, 1.54) is 5.56 Å². The fourth-order valence-electron chi connectivity index (χ4n) is 1.52. The molecule has 1 aliphatic rings. The normalized spacial score (nSPS) is 16.6. The van der Waals surface area contributed by atoms with Gasteiger partial charge < -0.3 is 14.7 Å². The molecular weight excluding hydrogens is 242 g/mol. The Labute approximate surface area is 115 Å². The summed E-state index contributed by atoms with van der Waals surface area (Å²) < 4.78 is 5.07. The maximum absolute atomic E-state index is 11.5. The van der Waals surface area contributed by atoms with Gasteiger partial charge in [-0.15, -0.1) is 0 Å². The number of aliphatic hydroxyl groups is 1. The second-order valence-electron chi connectivity index (χ2n) is 4.69. The highest BCUT2D eigenvalue weighted by Crippen LogP contribution is 2.16. The number of aliphatic hydroxyl groups excluding tert-OH is 1. The number of hydrogen-bond donors (Lipinski definition) is 1. The summed E-state index contributed by atoms with van der Waals surface area (Å²) in [5.74, 6) is 0.0418. The highest BCUT2D eigenvalue weighted by atomic mass is 16.5. The first-order valence-electron chi connectivity index (χ1n) is 6.67. The predicted molar refractivity (Wildman–Crippen MR) is 76.3 cm³/mol. The lowest BCUT2D eigenvalue weighted by Gasteiger charge is -2.26. The minimum atomic E-state index is -0.116. The summed E-state index contributed by atoms with van der Waals surface area (Å²) in [5, 5.41) is 8.36. The molecule has 0 saturated carbocycles. The molecule has 1 N–H and O–H groups in total. The topological polar surface area (TPSA) is 49.8 Å². The van der Waals surface area contributed by atoms with Crippen molar-refractivity contribution in [2.75, 3.05) is 24.7 Å². The number of hydrogen-bond acceptors (Lipinski definition) is 3. The number of benzene rings is 1. The summed E-state index contributed by atoms with van der Waals surface area (Å²) in [7, 11) is 0. The zero-order chi connectivity index (χ0) is 14.3. The minimum Gasteiger partial charge on any atom is -0.393 e. The second-order valence-corrected chi connectivity index (χ2v) is 4.69. The molecular formula is C15H23NO3. The number of nitrogens with zero attached hydrogens (tertiary/aromatic N) is 1. The first-order chi connectivity index (χ1) is 9.04. The molecule has 1 aromatic carbocycles. The Bertz CT molecular complexity index is 387. The minimum absolute atomic E-state index is 0.0418. The monoisotopic (exact) mass is 265 g/mol. The largest absolute Gasteiger partial charge is 0.393 e. The molecule has 4 nitrogen and oxygen atoms in total. The van der Waals surface area contributed by atoms with Gasteiger partial charge in [-0.1, -0.05) is 24.6 Å². The van der Waals surface area contributed by atoms with Crippen molar-refractivity contribution in [2.45, 2.75) is 33.3 Å². The van der Waals surface area contributed by atoms with Crippen molar-refractivity contribution in [3.05, 3.63) is 29.8 Å². The smallest absolute Gasteiger partial charge is 0.253 e. The van der Waals surface area contributed by atoms with E-state index in [0.717, 1.165) is 12.1 Å². The molecule has 1 aromatic rings. The van der Waals surface area contributed by atoms with E-state index >= 15 is 0 Å². The lowest BCUT2D eigenvalue weighted by Crippen LogP contribution is -2.41. The Morgan fingerprint density at radius 2 is 1.95 bits per heavy atom. The molecule has 0 radical (unpaired) electrons. The maximum Gasteiger partial charge on any atom is 0.253 e. The highest BCUT2D eigenvalue weighted by Gasteiger charge is 2.19. The van der Waals surface area contributed by atoms with Crippen LogP contribution in [0.1, 0.15) is 25.8 Å². The Balaban J connectivity index is 0.000000312. The van der Waals surface area contributed by atoms with Gasteiger partial charge in [0.25, 0.3) is 5.91 Å². The maximum atomic E-state index is 11.5. The number of aryl methyl sites for hydroxylation is 1. The van der Waals surface area contributed by atoms with Gasteiger partial charge >= 0.3 is 0 Å². The third-order valence-electron chi connectivity index (χ3n) is 2.92. The zero-order valence-electron chi connectivity index (χ0n) is 11.9. The highest BCUT2D eigenvalue weighted by molar-refractivity contribution is 5.94. The lowest BCUT2D eigenvalue weighted by atomic mass is 10.2. The van der Waals surface area contributed by atoms with E-state index in [9.17, 15) is 4.79 Å². The van der Waals surface area contributed by atoms with E-state index in [-0.39, 0.29) is 18.6 Å². The van der Waals surface area contributed by atoms with E-state index in [2.05, 4.69) is 0 Å². The van der Waals surface area contributed by atoms with Crippen LogP contribution in [0.2, 0.25) is 0 Å². The number of ether oxygens (including phenoxy) is 1. The summed E-state index contributed by atoms with van der Waals surface area (Å²) in [4.78, 5) is 13.2. The first kappa shape index (κ1) is 15.7. The van der Waals surface area contributed by atoms with Crippen molar-refractivity contribution >= 4 is 11.6 Å². The number of anilines is 1. The van der Waals surface area contributed by atoms with Crippen LogP contribution < -0.4 is 4.90 Å². The van der Waals surface area contributed by atoms with Crippen LogP contribution in [0, 0.1) is 6.92 Å². The molecule has 0 aromatic heterocycles. The third-order valence-corrected chi connectivity index (χ3v) is 2.92. The predicted octanol–water partition coefficient (Wildman–Crippen LogP) is 2.14. The summed E-state index contributed by atoms with van der Waals surface area (Å²) in [6, 6.07) is 7.97. The van der Waals surface area contributed by atoms with E-state index in [0.29, 0.717) is 13.2 Å². The van der Waals surface area contributed by atoms with Crippen LogP contribution in [-0.4, -0.2) is 36.9 Å². The summed E-state index contributed by atoms with van der Waals surface area (Å²) in [5.41, 5.74) is 2.17. The van der Waals surface area contributed by atoms with Crippen molar-refractivity contribution in [3.63, 3.8) is 0 Å². The van der Waals surface area contributed by atoms with Gasteiger partial charge in [-0.2, -0.15) is 0 Å². The third kappa shape index (κ3) is 5.41. The molecule has 1 amide bonds. The van der Waals surface area contributed by atoms with Gasteiger partial charge in [0.05, 0.1) is 12.7 Å². The van der Waals surface area contributed by atoms with Gasteiger partial charge in [0, 0.05) is 12.2 Å². The number of carbonyl (C=O) groups excluding carboxylic acids is 1. The van der Waals surface area contributed by atoms with Crippen LogP contribution in [0.5, 0.6) is 0 Å². The molecule has 4 heteroatoms. The SMILES string of the molecule is CC[C@@H](C)O.Cc1ccc(N2CCOCC2=O)cc1. The average Bonchev–Trinajstić information content (AvgIpc) is 2.41. The van der Waals surface area contributed by atoms with Gasteiger partial charge in [0.15, 0.2) is 0 Å². The second kappa shape index (κ2) is 7.92. The molecule has 0 spiro atoms. The van der Waals surface area contributed by atoms with Crippen LogP contribution in [0.25, 0.3) is 0 Å². The van der Waals surface area contributed by atoms with Crippen LogP contribution in [0.3, 0.4) is 0 Å². The van der Waals surface area contributed by atoms with Crippen LogP contribution >= 0.6 is 0 Å². The van der Waals surface area contributed by atoms with Crippen molar-refractivity contribution in [2.24, 2.45) is 0 Å². The standard InChI is InChI=1S/C11H13NO2.C4H10O/c1-9-2-4-10(5-3-9)12-6-7-14-8-11(12)13;1-3-4(2)5/h2-5H,6-8H2,1H3;4-5H,3H2,1-2H3/t;4-/m.1/s1. The molecule has 0 bridgehead atoms. The molecule has 0 unspecified atom stereocenters. The van der Waals surface area contributed by atoms with Crippen molar-refractivity contribution in [1.29, 1.82) is 0 Å². The van der Waals surface area contributed by atoms with Crippen molar-refractivity contribution in [1.82, 2.24) is 0 Å². The molecule has 1 fully saturated rings. The van der Waals surface area contributed by atoms with E-state index in [1.807, 2.05) is 38.1 Å². The quantitative estimate of drug-likeness (QED) is 0.891. The molecule has 1 aliphatic heterocycles. The lowest BCUT2D eigenvalue weighted by molar-refractivity contribution is -0.125. The van der Waals surface area contributed by atoms with Crippen LogP contribution in [0.15, 0.2) is 24.3 Å². The molecule has 2 rings (SSSR count). The zero-order valence-corrected chi connectivity index (χ0v) is 11.9. The van der Waals surface area contributed by atoms with E-state index < -0.39 is 0 Å². The fraction of sp³-hybridized carbons (Fsp3) is 0.533. The number of rotatable bonds is 2. The van der Waals surface area contributed by atoms with Crippen LogP contribution in [-0.2, 0) is 9.53 Å². The number of amides is 1. The Hall–Kier alpha value is -1.39. The van der Waals surface area contributed by atoms with Gasteiger partial charge in [-0.25, -0.2) is 0 Å². The molecule has 1 atom stereocenters. The van der Waals surface area contributed by atoms with E-state index in [1.54, 1.807) is 11.8 Å². The van der Waals surface area contributed by atoms with Gasteiger partial charge in [0.2, 0.25) is 0 Å². The molecule has 1 saturated heterocycles. The Morgan fingerprint density at radius 3 is 2.42 bits per heavy atom. The van der Waals surface area contributed by atoms with Gasteiger partial charge in [0.1, 0.15) is 6.61 Å². The number of morpholine rings is 1. The average molecular weight is 265 g/mol. The molecule has 0 aliphatic carbocycles. The van der Waals surface area contributed by atoms with Crippen molar-refractivity contribution < 1.29 is 14.6 Å². The van der Waals surface area contributed by atoms with E-state index in [4.69, 9.17) is 9.84 Å². The fourth-order valence-corrected chi connectivity index (χ4v) is 1.52.